The minimum atomic E-state index is -2.43. The first kappa shape index (κ1) is 15.1. The SMILES string of the molecule is CCN[Si](NC(C)(C)C)(OCC)OCC. The lowest BCUT2D eigenvalue weighted by Gasteiger charge is -2.35. The zero-order valence-corrected chi connectivity index (χ0v) is 11.9. The van der Waals surface area contributed by atoms with Gasteiger partial charge in [0.25, 0.3) is 0 Å². The summed E-state index contributed by atoms with van der Waals surface area (Å²) in [5.41, 5.74) is -0.0151. The number of nitrogens with one attached hydrogen (secondary N) is 2. The van der Waals surface area contributed by atoms with Crippen LogP contribution < -0.4 is 9.96 Å². The van der Waals surface area contributed by atoms with E-state index in [0.29, 0.717) is 13.2 Å². The quantitative estimate of drug-likeness (QED) is 0.655. The van der Waals surface area contributed by atoms with Gasteiger partial charge in [-0.05, 0) is 41.2 Å². The van der Waals surface area contributed by atoms with Crippen LogP contribution >= 0.6 is 0 Å². The number of rotatable bonds is 7. The van der Waals surface area contributed by atoms with Crippen LogP contribution in [0, 0.1) is 0 Å². The third kappa shape index (κ3) is 6.27. The molecule has 0 unspecified atom stereocenters. The Hall–Kier alpha value is 0.0569. The highest BCUT2D eigenvalue weighted by atomic mass is 28.4. The molecule has 92 valence electrons. The normalized spacial score (nSPS) is 13.2. The fraction of sp³-hybridized carbons (Fsp3) is 1.00. The molecule has 5 heteroatoms. The maximum atomic E-state index is 5.78. The molecule has 4 nitrogen and oxygen atoms in total. The van der Waals surface area contributed by atoms with Crippen molar-refractivity contribution in [2.75, 3.05) is 19.8 Å². The van der Waals surface area contributed by atoms with E-state index in [9.17, 15) is 0 Å². The molecule has 0 bridgehead atoms. The molecule has 0 saturated heterocycles. The molecule has 0 aromatic heterocycles. The first-order valence-corrected chi connectivity index (χ1v) is 7.53. The summed E-state index contributed by atoms with van der Waals surface area (Å²) in [7, 11) is -2.43. The summed E-state index contributed by atoms with van der Waals surface area (Å²) in [4.78, 5) is 6.79. The molecule has 0 radical (unpaired) electrons. The lowest BCUT2D eigenvalue weighted by molar-refractivity contribution is 0.149. The van der Waals surface area contributed by atoms with E-state index in [-0.39, 0.29) is 5.54 Å². The molecule has 0 aromatic carbocycles. The summed E-state index contributed by atoms with van der Waals surface area (Å²) in [6.07, 6.45) is 0. The van der Waals surface area contributed by atoms with Crippen LogP contribution in [-0.2, 0) is 8.85 Å². The van der Waals surface area contributed by atoms with Gasteiger partial charge in [0.15, 0.2) is 0 Å². The number of hydrogen-bond acceptors (Lipinski definition) is 4. The van der Waals surface area contributed by atoms with E-state index < -0.39 is 8.88 Å². The Balaban J connectivity index is 4.60. The van der Waals surface area contributed by atoms with Crippen LogP contribution in [-0.4, -0.2) is 34.2 Å². The lowest BCUT2D eigenvalue weighted by atomic mass is 10.1. The van der Waals surface area contributed by atoms with Crippen LogP contribution in [0.25, 0.3) is 0 Å². The van der Waals surface area contributed by atoms with Crippen molar-refractivity contribution in [3.63, 3.8) is 0 Å². The predicted molar refractivity (Wildman–Crippen MR) is 65.6 cm³/mol. The van der Waals surface area contributed by atoms with Gasteiger partial charge in [-0.2, -0.15) is 0 Å². The largest absolute Gasteiger partial charge is 0.517 e. The molecule has 0 spiro atoms. The monoisotopic (exact) mass is 234 g/mol. The summed E-state index contributed by atoms with van der Waals surface area (Å²) < 4.78 is 11.6. The van der Waals surface area contributed by atoms with Crippen molar-refractivity contribution in [1.29, 1.82) is 0 Å². The molecule has 0 atom stereocenters. The topological polar surface area (TPSA) is 42.5 Å². The van der Waals surface area contributed by atoms with E-state index in [0.717, 1.165) is 6.54 Å². The molecule has 0 heterocycles. The Kier molecular flexibility index (Phi) is 6.62. The van der Waals surface area contributed by atoms with Gasteiger partial charge in [-0.1, -0.05) is 6.92 Å². The molecule has 0 aromatic rings. The fourth-order valence-corrected chi connectivity index (χ4v) is 4.18. The van der Waals surface area contributed by atoms with Crippen molar-refractivity contribution in [2.45, 2.75) is 47.1 Å². The average molecular weight is 234 g/mol. The van der Waals surface area contributed by atoms with Crippen molar-refractivity contribution in [1.82, 2.24) is 9.96 Å². The number of hydrogen-bond donors (Lipinski definition) is 2. The summed E-state index contributed by atoms with van der Waals surface area (Å²) in [6.45, 7) is 14.5. The molecule has 0 aliphatic heterocycles. The zero-order valence-electron chi connectivity index (χ0n) is 10.9. The summed E-state index contributed by atoms with van der Waals surface area (Å²) in [5.74, 6) is 0. The Morgan fingerprint density at radius 2 is 1.47 bits per heavy atom. The van der Waals surface area contributed by atoms with Gasteiger partial charge in [0.1, 0.15) is 0 Å². The van der Waals surface area contributed by atoms with Crippen molar-refractivity contribution >= 4 is 8.88 Å². The molecule has 0 saturated carbocycles. The van der Waals surface area contributed by atoms with Crippen molar-refractivity contribution in [2.24, 2.45) is 0 Å². The van der Waals surface area contributed by atoms with Gasteiger partial charge < -0.3 is 8.85 Å². The third-order valence-electron chi connectivity index (χ3n) is 1.64. The van der Waals surface area contributed by atoms with Gasteiger partial charge >= 0.3 is 8.88 Å². The van der Waals surface area contributed by atoms with Crippen molar-refractivity contribution in [3.8, 4) is 0 Å². The Labute approximate surface area is 95.1 Å². The maximum Gasteiger partial charge on any atom is 0.517 e. The van der Waals surface area contributed by atoms with E-state index in [1.807, 2.05) is 13.8 Å². The second kappa shape index (κ2) is 6.60. The standard InChI is InChI=1S/C10H26N2O2Si/c1-7-11-15(13-8-2,14-9-3)12-10(4,5)6/h11-12H,7-9H2,1-6H3. The highest BCUT2D eigenvalue weighted by molar-refractivity contribution is 6.62. The lowest BCUT2D eigenvalue weighted by Crippen LogP contribution is -2.71. The van der Waals surface area contributed by atoms with E-state index >= 15 is 0 Å². The molecule has 2 N–H and O–H groups in total. The van der Waals surface area contributed by atoms with Crippen LogP contribution in [0.5, 0.6) is 0 Å². The van der Waals surface area contributed by atoms with Crippen LogP contribution in [0.4, 0.5) is 0 Å². The van der Waals surface area contributed by atoms with E-state index in [1.54, 1.807) is 0 Å². The van der Waals surface area contributed by atoms with Gasteiger partial charge in [0.2, 0.25) is 0 Å². The van der Waals surface area contributed by atoms with E-state index in [2.05, 4.69) is 37.7 Å². The maximum absolute atomic E-state index is 5.78. The van der Waals surface area contributed by atoms with E-state index in [4.69, 9.17) is 8.85 Å². The van der Waals surface area contributed by atoms with Gasteiger partial charge in [-0.25, -0.2) is 0 Å². The first-order valence-electron chi connectivity index (χ1n) is 5.71. The Morgan fingerprint density at radius 1 is 1.00 bits per heavy atom. The summed E-state index contributed by atoms with van der Waals surface area (Å²) in [6, 6.07) is 0. The second-order valence-corrected chi connectivity index (χ2v) is 6.80. The van der Waals surface area contributed by atoms with Crippen LogP contribution in [0.2, 0.25) is 0 Å². The van der Waals surface area contributed by atoms with Gasteiger partial charge in [0.05, 0.1) is 0 Å². The molecule has 15 heavy (non-hydrogen) atoms. The Bertz CT molecular complexity index is 154. The zero-order chi connectivity index (χ0) is 11.9. The first-order chi connectivity index (χ1) is 6.89. The third-order valence-corrected chi connectivity index (χ3v) is 4.93. The Morgan fingerprint density at radius 3 is 1.73 bits per heavy atom. The van der Waals surface area contributed by atoms with Gasteiger partial charge in [-0.3, -0.25) is 9.96 Å². The van der Waals surface area contributed by atoms with E-state index in [1.165, 1.54) is 0 Å². The smallest absolute Gasteiger partial charge is 0.371 e. The van der Waals surface area contributed by atoms with Crippen molar-refractivity contribution in [3.05, 3.63) is 0 Å². The minimum absolute atomic E-state index is 0.0151. The molecule has 0 amide bonds. The van der Waals surface area contributed by atoms with Crippen LogP contribution in [0.15, 0.2) is 0 Å². The molecular weight excluding hydrogens is 208 g/mol. The second-order valence-electron chi connectivity index (χ2n) is 4.39. The fourth-order valence-electron chi connectivity index (χ4n) is 1.39. The summed E-state index contributed by atoms with van der Waals surface area (Å²) >= 11 is 0. The molecule has 0 aliphatic rings. The summed E-state index contributed by atoms with van der Waals surface area (Å²) in [5, 5.41) is 0. The highest BCUT2D eigenvalue weighted by Gasteiger charge is 2.41. The molecular formula is C10H26N2O2Si. The minimum Gasteiger partial charge on any atom is -0.371 e. The van der Waals surface area contributed by atoms with Crippen LogP contribution in [0.3, 0.4) is 0 Å². The molecule has 0 rings (SSSR count). The highest BCUT2D eigenvalue weighted by Crippen LogP contribution is 2.08. The van der Waals surface area contributed by atoms with Gasteiger partial charge in [-0.15, -0.1) is 0 Å². The van der Waals surface area contributed by atoms with Crippen LogP contribution in [0.1, 0.15) is 41.5 Å². The predicted octanol–water partition coefficient (Wildman–Crippen LogP) is 1.49. The molecule has 0 fully saturated rings. The average Bonchev–Trinajstić information content (AvgIpc) is 2.01. The molecule has 0 aliphatic carbocycles. The van der Waals surface area contributed by atoms with Crippen molar-refractivity contribution < 1.29 is 8.85 Å². The van der Waals surface area contributed by atoms with Gasteiger partial charge in [0, 0.05) is 18.8 Å².